The van der Waals surface area contributed by atoms with Crippen molar-refractivity contribution in [3.8, 4) is 0 Å². The van der Waals surface area contributed by atoms with Gasteiger partial charge in [-0.05, 0) is 6.07 Å². The van der Waals surface area contributed by atoms with Crippen LogP contribution in [-0.4, -0.2) is 17.0 Å². The van der Waals surface area contributed by atoms with Crippen LogP contribution in [0.2, 0.25) is 0 Å². The smallest absolute Gasteiger partial charge is 1.00 e. The summed E-state index contributed by atoms with van der Waals surface area (Å²) in [4.78, 5) is 20.8. The first-order valence-electron chi connectivity index (χ1n) is 3.16. The summed E-state index contributed by atoms with van der Waals surface area (Å²) in [5.74, 6) is -2.75. The monoisotopic (exact) mass is 228 g/mol. The van der Waals surface area contributed by atoms with Crippen LogP contribution in [0.25, 0.3) is 0 Å². The molecule has 0 amide bonds. The van der Waals surface area contributed by atoms with Crippen LogP contribution >= 0.6 is 0 Å². The molecular formula is C8H6KNaO4. The molecule has 0 atom stereocenters. The van der Waals surface area contributed by atoms with E-state index in [1.807, 2.05) is 0 Å². The van der Waals surface area contributed by atoms with Gasteiger partial charge < -0.3 is 16.4 Å². The third kappa shape index (κ3) is 4.54. The van der Waals surface area contributed by atoms with Gasteiger partial charge in [0.05, 0.1) is 11.5 Å². The fourth-order valence-corrected chi connectivity index (χ4v) is 0.848. The van der Waals surface area contributed by atoms with E-state index in [1.165, 1.54) is 24.3 Å². The molecule has 4 nitrogen and oxygen atoms in total. The van der Waals surface area contributed by atoms with Crippen molar-refractivity contribution in [2.24, 2.45) is 0 Å². The summed E-state index contributed by atoms with van der Waals surface area (Å²) < 4.78 is 0. The van der Waals surface area contributed by atoms with Gasteiger partial charge in [-0.1, -0.05) is 18.2 Å². The fraction of sp³-hybridized carbons (Fsp3) is 0. The molecule has 64 valence electrons. The summed E-state index contributed by atoms with van der Waals surface area (Å²) in [5.41, 5.74) is -0.553. The van der Waals surface area contributed by atoms with Gasteiger partial charge in [0, 0.05) is 5.56 Å². The van der Waals surface area contributed by atoms with Gasteiger partial charge in [0.15, 0.2) is 0 Å². The van der Waals surface area contributed by atoms with Gasteiger partial charge in [0.1, 0.15) is 0 Å². The molecule has 1 N–H and O–H groups in total. The second-order valence-electron chi connectivity index (χ2n) is 2.14. The summed E-state index contributed by atoms with van der Waals surface area (Å²) in [6.45, 7) is 0. The number of aromatic carboxylic acids is 2. The van der Waals surface area contributed by atoms with Crippen LogP contribution in [-0.2, 0) is 0 Å². The first-order valence-corrected chi connectivity index (χ1v) is 3.16. The molecule has 0 saturated carbocycles. The first kappa shape index (κ1) is 17.2. The van der Waals surface area contributed by atoms with Crippen LogP contribution in [0.15, 0.2) is 24.3 Å². The molecule has 0 fully saturated rings. The predicted molar refractivity (Wildman–Crippen MR) is 38.8 cm³/mol. The molecule has 0 radical (unpaired) electrons. The molecule has 6 heteroatoms. The molecular weight excluding hydrogens is 222 g/mol. The predicted octanol–water partition coefficient (Wildman–Crippen LogP) is -6.13. The van der Waals surface area contributed by atoms with Crippen molar-refractivity contribution in [1.29, 1.82) is 0 Å². The van der Waals surface area contributed by atoms with E-state index in [0.717, 1.165) is 0 Å². The summed E-state index contributed by atoms with van der Waals surface area (Å²) >= 11 is 0. The summed E-state index contributed by atoms with van der Waals surface area (Å²) in [6.07, 6.45) is 0. The third-order valence-electron chi connectivity index (χ3n) is 1.38. The minimum atomic E-state index is -1.48. The molecule has 0 aliphatic rings. The molecule has 0 aromatic heterocycles. The molecule has 14 heavy (non-hydrogen) atoms. The number of carboxylic acid groups (broad SMARTS) is 2. The van der Waals surface area contributed by atoms with E-state index < -0.39 is 11.9 Å². The number of carbonyl (C=O) groups is 2. The van der Waals surface area contributed by atoms with Crippen LogP contribution in [0.3, 0.4) is 0 Å². The summed E-state index contributed by atoms with van der Waals surface area (Å²) in [7, 11) is 0. The Balaban J connectivity index is -0.000000480. The maximum atomic E-state index is 10.4. The van der Waals surface area contributed by atoms with E-state index in [9.17, 15) is 14.7 Å². The van der Waals surface area contributed by atoms with Gasteiger partial charge in [-0.15, -0.1) is 0 Å². The van der Waals surface area contributed by atoms with E-state index in [2.05, 4.69) is 0 Å². The summed E-state index contributed by atoms with van der Waals surface area (Å²) in [5, 5.41) is 18.9. The zero-order valence-electron chi connectivity index (χ0n) is 8.98. The Labute approximate surface area is 147 Å². The first-order chi connectivity index (χ1) is 5.63. The fourth-order valence-electron chi connectivity index (χ4n) is 0.848. The topological polar surface area (TPSA) is 77.4 Å². The van der Waals surface area contributed by atoms with Crippen molar-refractivity contribution in [3.05, 3.63) is 35.4 Å². The number of carboxylic acids is 2. The standard InChI is InChI=1S/C8H6O4.K.Na.H/c9-7(10)5-3-1-2-4-6(5)8(11)12;;;/h1-4H,(H,9,10)(H,11,12);;;/q;2*+1;-1/p-1. The quantitative estimate of drug-likeness (QED) is 0.511. The molecule has 1 aromatic carbocycles. The van der Waals surface area contributed by atoms with Crippen molar-refractivity contribution in [2.45, 2.75) is 0 Å². The Morgan fingerprint density at radius 3 is 1.93 bits per heavy atom. The minimum absolute atomic E-state index is 0. The van der Waals surface area contributed by atoms with E-state index in [1.54, 1.807) is 0 Å². The molecule has 0 heterocycles. The van der Waals surface area contributed by atoms with Gasteiger partial charge in [0.2, 0.25) is 0 Å². The number of rotatable bonds is 2. The Morgan fingerprint density at radius 1 is 1.21 bits per heavy atom. The second-order valence-corrected chi connectivity index (χ2v) is 2.14. The average Bonchev–Trinajstić information content (AvgIpc) is 2.04. The zero-order valence-corrected chi connectivity index (χ0v) is 13.1. The van der Waals surface area contributed by atoms with E-state index in [-0.39, 0.29) is 93.5 Å². The molecule has 0 aliphatic carbocycles. The molecule has 0 spiro atoms. The minimum Gasteiger partial charge on any atom is -1.00 e. The summed E-state index contributed by atoms with van der Waals surface area (Å²) in [6, 6.07) is 5.31. The van der Waals surface area contributed by atoms with Crippen molar-refractivity contribution in [2.75, 3.05) is 0 Å². The van der Waals surface area contributed by atoms with E-state index in [4.69, 9.17) is 5.11 Å². The van der Waals surface area contributed by atoms with E-state index >= 15 is 0 Å². The van der Waals surface area contributed by atoms with Crippen molar-refractivity contribution in [3.63, 3.8) is 0 Å². The van der Waals surface area contributed by atoms with Gasteiger partial charge in [-0.25, -0.2) is 4.79 Å². The third-order valence-corrected chi connectivity index (χ3v) is 1.38. The normalized spacial score (nSPS) is 8.00. The second kappa shape index (κ2) is 8.01. The van der Waals surface area contributed by atoms with Gasteiger partial charge >= 0.3 is 86.9 Å². The molecule has 1 aromatic rings. The Hall–Kier alpha value is 0.796. The maximum Gasteiger partial charge on any atom is 1.00 e. The molecule has 1 rings (SSSR count). The number of benzene rings is 1. The number of hydrogen-bond donors (Lipinski definition) is 1. The number of hydrogen-bond acceptors (Lipinski definition) is 3. The van der Waals surface area contributed by atoms with Gasteiger partial charge in [-0.3, -0.25) is 0 Å². The van der Waals surface area contributed by atoms with Crippen LogP contribution < -0.4 is 86.0 Å². The van der Waals surface area contributed by atoms with Crippen molar-refractivity contribution < 1.29 is 102 Å². The van der Waals surface area contributed by atoms with Gasteiger partial charge in [0.25, 0.3) is 0 Å². The van der Waals surface area contributed by atoms with Crippen LogP contribution in [0, 0.1) is 0 Å². The molecule has 0 aliphatic heterocycles. The Bertz CT molecular complexity index is 312. The largest absolute Gasteiger partial charge is 1.00 e. The average molecular weight is 228 g/mol. The zero-order chi connectivity index (χ0) is 9.14. The van der Waals surface area contributed by atoms with Crippen LogP contribution in [0.4, 0.5) is 0 Å². The number of carbonyl (C=O) groups excluding carboxylic acids is 1. The Kier molecular flexibility index (Phi) is 9.84. The van der Waals surface area contributed by atoms with Crippen molar-refractivity contribution in [1.82, 2.24) is 0 Å². The maximum absolute atomic E-state index is 10.4. The van der Waals surface area contributed by atoms with Crippen LogP contribution in [0.1, 0.15) is 22.1 Å². The van der Waals surface area contributed by atoms with Crippen molar-refractivity contribution >= 4 is 11.9 Å². The van der Waals surface area contributed by atoms with Gasteiger partial charge in [-0.2, -0.15) is 0 Å². The molecule has 0 unspecified atom stereocenters. The van der Waals surface area contributed by atoms with E-state index in [0.29, 0.717) is 0 Å². The SMILES string of the molecule is O=C([O-])c1ccccc1C(=O)O.[H-].[K+].[Na+]. The van der Waals surface area contributed by atoms with Crippen LogP contribution in [0.5, 0.6) is 0 Å². The molecule has 0 bridgehead atoms. The molecule has 0 saturated heterocycles. The Morgan fingerprint density at radius 2 is 1.64 bits per heavy atom.